The van der Waals surface area contributed by atoms with E-state index in [1.165, 1.54) is 5.01 Å². The number of aromatic amines is 1. The van der Waals surface area contributed by atoms with Gasteiger partial charge in [-0.15, -0.1) is 0 Å². The minimum Gasteiger partial charge on any atom is -0.390 e. The Hall–Kier alpha value is -1.50. The van der Waals surface area contributed by atoms with E-state index in [9.17, 15) is 19.9 Å². The fourth-order valence-corrected chi connectivity index (χ4v) is 3.06. The largest absolute Gasteiger partial charge is 0.469 e. The molecular formula is C11H18N5O7P. The van der Waals surface area contributed by atoms with Crippen molar-refractivity contribution >= 4 is 19.5 Å². The Balaban J connectivity index is 1.63. The minimum absolute atomic E-state index is 0.0183. The van der Waals surface area contributed by atoms with Crippen molar-refractivity contribution in [2.45, 2.75) is 30.9 Å². The molecule has 0 amide bonds. The number of H-pyrrole nitrogens is 1. The van der Waals surface area contributed by atoms with Gasteiger partial charge in [-0.3, -0.25) is 4.52 Å². The molecule has 9 N–H and O–H groups in total. The summed E-state index contributed by atoms with van der Waals surface area (Å²) in [6.07, 6.45) is -1.05. The zero-order chi connectivity index (χ0) is 17.7. The SMILES string of the molecule is NC1=NC2(O)NN1c1c(C[C@H](O)[C@H](O)CCOP(=O)(O)O)c[nH]c12. The molecule has 0 saturated heterocycles. The molecule has 2 aliphatic heterocycles. The number of aliphatic imine (C=N–C) groups is 1. The van der Waals surface area contributed by atoms with Crippen LogP contribution in [0.2, 0.25) is 0 Å². The van der Waals surface area contributed by atoms with Gasteiger partial charge in [0.05, 0.1) is 24.5 Å². The van der Waals surface area contributed by atoms with Crippen LogP contribution in [-0.4, -0.2) is 54.9 Å². The highest BCUT2D eigenvalue weighted by molar-refractivity contribution is 7.46. The number of nitrogens with zero attached hydrogens (tertiary/aromatic N) is 2. The molecular weight excluding hydrogens is 345 g/mol. The first kappa shape index (κ1) is 17.3. The third kappa shape index (κ3) is 3.06. The molecule has 12 nitrogen and oxygen atoms in total. The van der Waals surface area contributed by atoms with Crippen molar-refractivity contribution in [2.24, 2.45) is 10.7 Å². The van der Waals surface area contributed by atoms with E-state index >= 15 is 0 Å². The highest BCUT2D eigenvalue weighted by Crippen LogP contribution is 2.42. The van der Waals surface area contributed by atoms with E-state index in [-0.39, 0.29) is 18.8 Å². The van der Waals surface area contributed by atoms with Gasteiger partial charge in [-0.1, -0.05) is 0 Å². The first-order valence-corrected chi connectivity index (χ1v) is 8.56. The molecule has 0 radical (unpaired) electrons. The van der Waals surface area contributed by atoms with Crippen LogP contribution in [0.25, 0.3) is 0 Å². The Bertz CT molecular complexity index is 718. The summed E-state index contributed by atoms with van der Waals surface area (Å²) >= 11 is 0. The van der Waals surface area contributed by atoms with Gasteiger partial charge in [0.2, 0.25) is 5.96 Å². The number of hydrogen-bond acceptors (Lipinski definition) is 9. The zero-order valence-corrected chi connectivity index (χ0v) is 13.2. The van der Waals surface area contributed by atoms with Gasteiger partial charge in [0.1, 0.15) is 5.69 Å². The van der Waals surface area contributed by atoms with E-state index in [1.54, 1.807) is 6.20 Å². The summed E-state index contributed by atoms with van der Waals surface area (Å²) in [6, 6.07) is 0. The van der Waals surface area contributed by atoms with Gasteiger partial charge in [0.15, 0.2) is 0 Å². The molecule has 1 aromatic heterocycles. The average Bonchev–Trinajstić information content (AvgIpc) is 3.07. The third-order valence-corrected chi connectivity index (χ3v) is 4.34. The van der Waals surface area contributed by atoms with E-state index in [0.717, 1.165) is 0 Å². The second kappa shape index (κ2) is 5.79. The molecule has 3 heterocycles. The number of rotatable bonds is 7. The standard InChI is InChI=1S/C11H18N5O7P/c12-10-14-11(19)9-8(16(10)15-11)5(4-13-9)3-7(18)6(17)1-2-23-24(20,21)22/h4,6-7,13,15,17-19H,1-3H2,(H2,12,14)(H2,20,21,22)/t6-,7+,11?/m1/s1. The summed E-state index contributed by atoms with van der Waals surface area (Å²) < 4.78 is 14.8. The molecule has 0 spiro atoms. The molecule has 0 aromatic carbocycles. The summed E-state index contributed by atoms with van der Waals surface area (Å²) in [6.45, 7) is -0.402. The van der Waals surface area contributed by atoms with Crippen LogP contribution in [0.5, 0.6) is 0 Å². The van der Waals surface area contributed by atoms with E-state index in [2.05, 4.69) is 19.9 Å². The van der Waals surface area contributed by atoms with E-state index in [0.29, 0.717) is 16.9 Å². The Morgan fingerprint density at radius 3 is 2.79 bits per heavy atom. The monoisotopic (exact) mass is 363 g/mol. The number of hydrogen-bond donors (Lipinski definition) is 8. The van der Waals surface area contributed by atoms with Gasteiger partial charge in [-0.2, -0.15) is 10.4 Å². The molecule has 0 fully saturated rings. The molecule has 134 valence electrons. The predicted molar refractivity (Wildman–Crippen MR) is 80.3 cm³/mol. The molecule has 2 aliphatic rings. The number of aliphatic hydroxyl groups is 3. The predicted octanol–water partition coefficient (Wildman–Crippen LogP) is -2.47. The smallest absolute Gasteiger partial charge is 0.390 e. The topological polar surface area (TPSA) is 197 Å². The molecule has 2 bridgehead atoms. The van der Waals surface area contributed by atoms with Gasteiger partial charge < -0.3 is 35.8 Å². The van der Waals surface area contributed by atoms with Crippen LogP contribution in [0.3, 0.4) is 0 Å². The second-order valence-electron chi connectivity index (χ2n) is 5.58. The van der Waals surface area contributed by atoms with Gasteiger partial charge >= 0.3 is 7.82 Å². The summed E-state index contributed by atoms with van der Waals surface area (Å²) in [5, 5.41) is 31.6. The Morgan fingerprint density at radius 1 is 1.42 bits per heavy atom. The van der Waals surface area contributed by atoms with Crippen LogP contribution in [0.4, 0.5) is 5.69 Å². The van der Waals surface area contributed by atoms with E-state index in [1.807, 2.05) is 0 Å². The maximum absolute atomic E-state index is 10.6. The summed E-state index contributed by atoms with van der Waals surface area (Å²) in [4.78, 5) is 23.8. The molecule has 1 unspecified atom stereocenters. The van der Waals surface area contributed by atoms with Crippen LogP contribution < -0.4 is 16.2 Å². The Kier molecular flexibility index (Phi) is 4.18. The summed E-state index contributed by atoms with van der Waals surface area (Å²) in [7, 11) is -4.61. The molecule has 13 heteroatoms. The first-order valence-electron chi connectivity index (χ1n) is 7.03. The van der Waals surface area contributed by atoms with E-state index in [4.69, 9.17) is 15.5 Å². The normalized spacial score (nSPS) is 24.9. The van der Waals surface area contributed by atoms with Gasteiger partial charge in [0, 0.05) is 12.6 Å². The molecule has 1 aromatic rings. The van der Waals surface area contributed by atoms with Gasteiger partial charge in [-0.25, -0.2) is 9.57 Å². The van der Waals surface area contributed by atoms with Crippen LogP contribution in [-0.2, 0) is 21.4 Å². The Labute approximate surface area is 135 Å². The number of guanidine groups is 1. The quantitative estimate of drug-likeness (QED) is 0.240. The fraction of sp³-hybridized carbons (Fsp3) is 0.545. The maximum Gasteiger partial charge on any atom is 0.469 e. The summed E-state index contributed by atoms with van der Waals surface area (Å²) in [5.74, 6) is -1.60. The third-order valence-electron chi connectivity index (χ3n) is 3.82. The lowest BCUT2D eigenvalue weighted by Crippen LogP contribution is -2.42. The number of aliphatic hydroxyl groups excluding tert-OH is 2. The van der Waals surface area contributed by atoms with Crippen molar-refractivity contribution in [3.05, 3.63) is 17.5 Å². The lowest BCUT2D eigenvalue weighted by Gasteiger charge is -2.20. The molecule has 0 saturated carbocycles. The van der Waals surface area contributed by atoms with Crippen molar-refractivity contribution < 1.29 is 34.2 Å². The number of nitrogens with one attached hydrogen (secondary N) is 2. The zero-order valence-electron chi connectivity index (χ0n) is 12.3. The van der Waals surface area contributed by atoms with Gasteiger partial charge in [0.25, 0.3) is 5.85 Å². The van der Waals surface area contributed by atoms with Crippen molar-refractivity contribution in [1.82, 2.24) is 10.4 Å². The molecule has 0 aliphatic carbocycles. The number of phosphoric acid groups is 1. The molecule has 24 heavy (non-hydrogen) atoms. The minimum atomic E-state index is -4.61. The first-order chi connectivity index (χ1) is 11.1. The second-order valence-corrected chi connectivity index (χ2v) is 6.82. The van der Waals surface area contributed by atoms with Crippen molar-refractivity contribution in [3.63, 3.8) is 0 Å². The van der Waals surface area contributed by atoms with Crippen LogP contribution in [0.15, 0.2) is 11.2 Å². The Morgan fingerprint density at radius 2 is 2.12 bits per heavy atom. The molecule has 3 atom stereocenters. The van der Waals surface area contributed by atoms with Crippen molar-refractivity contribution in [3.8, 4) is 0 Å². The molecule has 3 rings (SSSR count). The highest BCUT2D eigenvalue weighted by Gasteiger charge is 2.50. The number of fused-ring (bicyclic) bond motifs is 5. The van der Waals surface area contributed by atoms with Gasteiger partial charge in [-0.05, 0) is 12.0 Å². The van der Waals surface area contributed by atoms with Crippen molar-refractivity contribution in [1.29, 1.82) is 0 Å². The van der Waals surface area contributed by atoms with E-state index < -0.39 is 32.5 Å². The van der Waals surface area contributed by atoms with Crippen molar-refractivity contribution in [2.75, 3.05) is 11.6 Å². The van der Waals surface area contributed by atoms with Crippen LogP contribution in [0, 0.1) is 0 Å². The number of nitrogens with two attached hydrogens (primary N) is 1. The lowest BCUT2D eigenvalue weighted by molar-refractivity contribution is 0.00590. The highest BCUT2D eigenvalue weighted by atomic mass is 31.2. The van der Waals surface area contributed by atoms with Crippen LogP contribution in [0.1, 0.15) is 17.7 Å². The number of phosphoric ester groups is 1. The number of hydrazine groups is 1. The fourth-order valence-electron chi connectivity index (χ4n) is 2.72. The average molecular weight is 363 g/mol. The number of aromatic nitrogens is 1. The number of anilines is 1. The lowest BCUT2D eigenvalue weighted by atomic mass is 10.0. The summed E-state index contributed by atoms with van der Waals surface area (Å²) in [5.41, 5.74) is 9.82. The van der Waals surface area contributed by atoms with Crippen LogP contribution >= 0.6 is 7.82 Å². The maximum atomic E-state index is 10.6.